The molecule has 0 N–H and O–H groups in total. The highest BCUT2D eigenvalue weighted by Crippen LogP contribution is 2.37. The molecule has 0 radical (unpaired) electrons. The lowest BCUT2D eigenvalue weighted by Crippen LogP contribution is -2.32. The molecule has 1 saturated heterocycles. The van der Waals surface area contributed by atoms with E-state index >= 15 is 0 Å². The molecule has 1 aliphatic rings. The van der Waals surface area contributed by atoms with Crippen LogP contribution in [0.15, 0.2) is 35.4 Å². The lowest BCUT2D eigenvalue weighted by molar-refractivity contribution is 0.375. The highest BCUT2D eigenvalue weighted by Gasteiger charge is 2.38. The normalized spacial score (nSPS) is 19.3. The van der Waals surface area contributed by atoms with Gasteiger partial charge >= 0.3 is 0 Å². The largest absolute Gasteiger partial charge is 0.268 e. The number of aryl methyl sites for hydroxylation is 3. The van der Waals surface area contributed by atoms with Crippen molar-refractivity contribution in [1.29, 1.82) is 0 Å². The molecule has 1 unspecified atom stereocenters. The molecular formula is C17H23N3O2S. The molecule has 2 heterocycles. The molecule has 1 aromatic carbocycles. The van der Waals surface area contributed by atoms with Gasteiger partial charge in [-0.2, -0.15) is 9.40 Å². The summed E-state index contributed by atoms with van der Waals surface area (Å²) in [6.07, 6.45) is 3.47. The van der Waals surface area contributed by atoms with E-state index in [0.717, 1.165) is 36.2 Å². The second kappa shape index (κ2) is 6.09. The van der Waals surface area contributed by atoms with Crippen molar-refractivity contribution in [2.45, 2.75) is 51.1 Å². The first-order valence-electron chi connectivity index (χ1n) is 8.06. The number of rotatable bonds is 4. The molecule has 0 bridgehead atoms. The standard InChI is InChI=1S/C17H23N3O2S/c1-4-19-15(9-10-18-19)16-6-5-11-20(16)23(21,22)17-12-13(2)7-8-14(17)3/h7-10,12,16H,4-6,11H2,1-3H3. The molecule has 3 rings (SSSR count). The van der Waals surface area contributed by atoms with Gasteiger partial charge in [-0.25, -0.2) is 8.42 Å². The first-order chi connectivity index (χ1) is 10.9. The molecular weight excluding hydrogens is 310 g/mol. The summed E-state index contributed by atoms with van der Waals surface area (Å²) in [4.78, 5) is 0.423. The Morgan fingerprint density at radius 1 is 1.26 bits per heavy atom. The van der Waals surface area contributed by atoms with Crippen LogP contribution in [-0.2, 0) is 16.6 Å². The number of sulfonamides is 1. The summed E-state index contributed by atoms with van der Waals surface area (Å²) in [5.74, 6) is 0. The van der Waals surface area contributed by atoms with E-state index in [2.05, 4.69) is 5.10 Å². The van der Waals surface area contributed by atoms with E-state index in [0.29, 0.717) is 11.4 Å². The maximum absolute atomic E-state index is 13.2. The summed E-state index contributed by atoms with van der Waals surface area (Å²) in [7, 11) is -3.50. The van der Waals surface area contributed by atoms with Crippen LogP contribution >= 0.6 is 0 Å². The highest BCUT2D eigenvalue weighted by atomic mass is 32.2. The maximum Gasteiger partial charge on any atom is 0.243 e. The third kappa shape index (κ3) is 2.81. The quantitative estimate of drug-likeness (QED) is 0.864. The minimum absolute atomic E-state index is 0.123. The molecule has 23 heavy (non-hydrogen) atoms. The summed E-state index contributed by atoms with van der Waals surface area (Å²) in [5.41, 5.74) is 2.74. The van der Waals surface area contributed by atoms with Crippen molar-refractivity contribution in [2.75, 3.05) is 6.54 Å². The molecule has 1 fully saturated rings. The maximum atomic E-state index is 13.2. The second-order valence-corrected chi connectivity index (χ2v) is 7.97. The van der Waals surface area contributed by atoms with Crippen molar-refractivity contribution in [3.8, 4) is 0 Å². The van der Waals surface area contributed by atoms with Crippen LogP contribution in [0, 0.1) is 13.8 Å². The van der Waals surface area contributed by atoms with Crippen LogP contribution in [0.3, 0.4) is 0 Å². The second-order valence-electron chi connectivity index (χ2n) is 6.11. The number of benzene rings is 1. The van der Waals surface area contributed by atoms with E-state index in [4.69, 9.17) is 0 Å². The number of aromatic nitrogens is 2. The Balaban J connectivity index is 2.03. The van der Waals surface area contributed by atoms with Crippen LogP contribution in [-0.4, -0.2) is 29.0 Å². The van der Waals surface area contributed by atoms with Gasteiger partial charge in [0, 0.05) is 19.3 Å². The first-order valence-corrected chi connectivity index (χ1v) is 9.50. The lowest BCUT2D eigenvalue weighted by atomic mass is 10.1. The van der Waals surface area contributed by atoms with Crippen molar-refractivity contribution in [1.82, 2.24) is 14.1 Å². The van der Waals surface area contributed by atoms with Gasteiger partial charge in [-0.1, -0.05) is 12.1 Å². The summed E-state index contributed by atoms with van der Waals surface area (Å²) in [6.45, 7) is 7.11. The van der Waals surface area contributed by atoms with Crippen LogP contribution in [0.2, 0.25) is 0 Å². The average molecular weight is 333 g/mol. The Labute approximate surface area is 138 Å². The van der Waals surface area contributed by atoms with E-state index in [9.17, 15) is 8.42 Å². The zero-order valence-corrected chi connectivity index (χ0v) is 14.7. The smallest absolute Gasteiger partial charge is 0.243 e. The van der Waals surface area contributed by atoms with Crippen LogP contribution in [0.4, 0.5) is 0 Å². The fraction of sp³-hybridized carbons (Fsp3) is 0.471. The van der Waals surface area contributed by atoms with Crippen LogP contribution in [0.1, 0.15) is 42.6 Å². The van der Waals surface area contributed by atoms with Gasteiger partial charge in [0.2, 0.25) is 10.0 Å². The third-order valence-corrected chi connectivity index (χ3v) is 6.57. The number of hydrogen-bond acceptors (Lipinski definition) is 3. The predicted octanol–water partition coefficient (Wildman–Crippen LogP) is 3.05. The number of nitrogens with zero attached hydrogens (tertiary/aromatic N) is 3. The Morgan fingerprint density at radius 2 is 2.04 bits per heavy atom. The summed E-state index contributed by atoms with van der Waals surface area (Å²) in [6, 6.07) is 7.41. The van der Waals surface area contributed by atoms with Gasteiger partial charge in [-0.3, -0.25) is 4.68 Å². The van der Waals surface area contributed by atoms with Crippen molar-refractivity contribution in [3.05, 3.63) is 47.3 Å². The Kier molecular flexibility index (Phi) is 4.29. The van der Waals surface area contributed by atoms with E-state index < -0.39 is 10.0 Å². The van der Waals surface area contributed by atoms with Crippen LogP contribution in [0.25, 0.3) is 0 Å². The number of hydrogen-bond donors (Lipinski definition) is 0. The van der Waals surface area contributed by atoms with Gasteiger partial charge in [0.05, 0.1) is 16.6 Å². The van der Waals surface area contributed by atoms with Gasteiger partial charge in [0.15, 0.2) is 0 Å². The zero-order valence-electron chi connectivity index (χ0n) is 13.9. The molecule has 1 aliphatic heterocycles. The van der Waals surface area contributed by atoms with Gasteiger partial charge < -0.3 is 0 Å². The minimum atomic E-state index is -3.50. The monoisotopic (exact) mass is 333 g/mol. The molecule has 0 spiro atoms. The summed E-state index contributed by atoms with van der Waals surface area (Å²) in [5, 5.41) is 4.30. The molecule has 1 atom stereocenters. The molecule has 2 aromatic rings. The molecule has 6 heteroatoms. The average Bonchev–Trinajstić information content (AvgIpc) is 3.16. The van der Waals surface area contributed by atoms with Gasteiger partial charge in [0.1, 0.15) is 0 Å². The molecule has 5 nitrogen and oxygen atoms in total. The predicted molar refractivity (Wildman–Crippen MR) is 89.7 cm³/mol. The van der Waals surface area contributed by atoms with E-state index in [1.807, 2.05) is 43.7 Å². The van der Waals surface area contributed by atoms with Crippen LogP contribution in [0.5, 0.6) is 0 Å². The zero-order chi connectivity index (χ0) is 16.6. The SMILES string of the molecule is CCn1nccc1C1CCCN1S(=O)(=O)c1cc(C)ccc1C. The van der Waals surface area contributed by atoms with Crippen LogP contribution < -0.4 is 0 Å². The van der Waals surface area contributed by atoms with Gasteiger partial charge in [-0.15, -0.1) is 0 Å². The fourth-order valence-corrected chi connectivity index (χ4v) is 5.31. The van der Waals surface area contributed by atoms with Gasteiger partial charge in [0.25, 0.3) is 0 Å². The van der Waals surface area contributed by atoms with E-state index in [-0.39, 0.29) is 6.04 Å². The Hall–Kier alpha value is -1.66. The summed E-state index contributed by atoms with van der Waals surface area (Å²) < 4.78 is 30.0. The van der Waals surface area contributed by atoms with Crippen molar-refractivity contribution in [2.24, 2.45) is 0 Å². The minimum Gasteiger partial charge on any atom is -0.268 e. The third-order valence-electron chi connectivity index (χ3n) is 4.52. The Morgan fingerprint density at radius 3 is 2.78 bits per heavy atom. The Bertz CT molecular complexity index is 811. The van der Waals surface area contributed by atoms with Crippen molar-refractivity contribution in [3.63, 3.8) is 0 Å². The lowest BCUT2D eigenvalue weighted by Gasteiger charge is -2.25. The topological polar surface area (TPSA) is 55.2 Å². The molecule has 0 saturated carbocycles. The van der Waals surface area contributed by atoms with Crippen molar-refractivity contribution < 1.29 is 8.42 Å². The molecule has 124 valence electrons. The van der Waals surface area contributed by atoms with E-state index in [1.165, 1.54) is 0 Å². The highest BCUT2D eigenvalue weighted by molar-refractivity contribution is 7.89. The fourth-order valence-electron chi connectivity index (χ4n) is 3.33. The first kappa shape index (κ1) is 16.2. The molecule has 1 aromatic heterocycles. The van der Waals surface area contributed by atoms with Crippen molar-refractivity contribution >= 4 is 10.0 Å². The van der Waals surface area contributed by atoms with Gasteiger partial charge in [-0.05, 0) is 56.9 Å². The molecule has 0 aliphatic carbocycles. The van der Waals surface area contributed by atoms with E-state index in [1.54, 1.807) is 16.6 Å². The molecule has 0 amide bonds. The summed E-state index contributed by atoms with van der Waals surface area (Å²) >= 11 is 0.